The Labute approximate surface area is 160 Å². The highest BCUT2D eigenvalue weighted by Crippen LogP contribution is 2.29. The van der Waals surface area contributed by atoms with Crippen LogP contribution in [0, 0.1) is 5.92 Å². The number of piperidine rings is 1. The van der Waals surface area contributed by atoms with E-state index in [1.807, 2.05) is 0 Å². The highest BCUT2D eigenvalue weighted by Gasteiger charge is 2.22. The molecule has 0 unspecified atom stereocenters. The summed E-state index contributed by atoms with van der Waals surface area (Å²) in [7, 11) is 4.44. The van der Waals surface area contributed by atoms with Gasteiger partial charge >= 0.3 is 0 Å². The number of rotatable bonds is 8. The number of hydrogen-bond donors (Lipinski definition) is 0. The van der Waals surface area contributed by atoms with Crippen molar-refractivity contribution in [3.05, 3.63) is 29.8 Å². The zero-order valence-corrected chi connectivity index (χ0v) is 17.0. The third-order valence-electron chi connectivity index (χ3n) is 6.33. The molecule has 1 saturated carbocycles. The minimum Gasteiger partial charge on any atom is -0.494 e. The van der Waals surface area contributed by atoms with Crippen LogP contribution < -0.4 is 4.74 Å². The summed E-state index contributed by atoms with van der Waals surface area (Å²) in [6.45, 7) is 4.59. The molecule has 3 nitrogen and oxygen atoms in total. The van der Waals surface area contributed by atoms with Crippen LogP contribution in [0.2, 0.25) is 0 Å². The monoisotopic (exact) mass is 358 g/mol. The molecule has 1 saturated heterocycles. The van der Waals surface area contributed by atoms with E-state index in [4.69, 9.17) is 4.74 Å². The maximum absolute atomic E-state index is 5.95. The summed E-state index contributed by atoms with van der Waals surface area (Å²) in [6, 6.07) is 9.69. The predicted molar refractivity (Wildman–Crippen MR) is 110 cm³/mol. The molecule has 1 aromatic rings. The molecule has 0 N–H and O–H groups in total. The Bertz CT molecular complexity index is 499. The standard InChI is InChI=1S/C23H38N2O/c1-24(2)22-11-7-20(8-12-22)19-21-9-13-23(14-10-21)26-18-6-17-25-15-4-3-5-16-25/h9-10,13-14,20,22H,3-8,11-12,15-19H2,1-2H3. The van der Waals surface area contributed by atoms with Crippen LogP contribution in [-0.2, 0) is 6.42 Å². The highest BCUT2D eigenvalue weighted by molar-refractivity contribution is 5.27. The lowest BCUT2D eigenvalue weighted by Crippen LogP contribution is -2.32. The smallest absolute Gasteiger partial charge is 0.119 e. The molecule has 0 spiro atoms. The quantitative estimate of drug-likeness (QED) is 0.632. The molecule has 0 radical (unpaired) electrons. The molecule has 2 fully saturated rings. The zero-order valence-electron chi connectivity index (χ0n) is 17.0. The predicted octanol–water partition coefficient (Wildman–Crippen LogP) is 4.60. The molecule has 3 heteroatoms. The molecule has 1 aromatic carbocycles. The minimum absolute atomic E-state index is 0.798. The van der Waals surface area contributed by atoms with Gasteiger partial charge in [-0.1, -0.05) is 18.6 Å². The first kappa shape index (κ1) is 19.7. The van der Waals surface area contributed by atoms with Gasteiger partial charge in [0.1, 0.15) is 5.75 Å². The first-order valence-electron chi connectivity index (χ1n) is 10.8. The zero-order chi connectivity index (χ0) is 18.2. The Morgan fingerprint density at radius 1 is 0.962 bits per heavy atom. The van der Waals surface area contributed by atoms with Gasteiger partial charge in [0.2, 0.25) is 0 Å². The van der Waals surface area contributed by atoms with E-state index in [9.17, 15) is 0 Å². The molecule has 26 heavy (non-hydrogen) atoms. The summed E-state index contributed by atoms with van der Waals surface area (Å²) < 4.78 is 5.95. The van der Waals surface area contributed by atoms with E-state index in [0.29, 0.717) is 0 Å². The van der Waals surface area contributed by atoms with Gasteiger partial charge in [0.15, 0.2) is 0 Å². The molecule has 3 rings (SSSR count). The Hall–Kier alpha value is -1.06. The van der Waals surface area contributed by atoms with Crippen LogP contribution >= 0.6 is 0 Å². The molecule has 1 aliphatic heterocycles. The summed E-state index contributed by atoms with van der Waals surface area (Å²) in [6.07, 6.45) is 12.0. The van der Waals surface area contributed by atoms with Gasteiger partial charge in [0.05, 0.1) is 6.61 Å². The summed E-state index contributed by atoms with van der Waals surface area (Å²) in [4.78, 5) is 4.98. The maximum Gasteiger partial charge on any atom is 0.119 e. The molecule has 146 valence electrons. The average molecular weight is 359 g/mol. The van der Waals surface area contributed by atoms with Crippen molar-refractivity contribution in [2.24, 2.45) is 5.92 Å². The minimum atomic E-state index is 0.798. The van der Waals surface area contributed by atoms with Crippen molar-refractivity contribution >= 4 is 0 Å². The molecule has 1 heterocycles. The molecule has 0 amide bonds. The molecule has 2 aliphatic rings. The van der Waals surface area contributed by atoms with E-state index in [1.54, 1.807) is 0 Å². The number of benzene rings is 1. The maximum atomic E-state index is 5.95. The van der Waals surface area contributed by atoms with E-state index in [2.05, 4.69) is 48.2 Å². The van der Waals surface area contributed by atoms with Crippen molar-refractivity contribution in [2.75, 3.05) is 40.3 Å². The van der Waals surface area contributed by atoms with E-state index >= 15 is 0 Å². The second-order valence-corrected chi connectivity index (χ2v) is 8.59. The Balaban J connectivity index is 1.33. The van der Waals surface area contributed by atoms with Gasteiger partial charge in [-0.3, -0.25) is 0 Å². The van der Waals surface area contributed by atoms with E-state index < -0.39 is 0 Å². The lowest BCUT2D eigenvalue weighted by molar-refractivity contribution is 0.193. The topological polar surface area (TPSA) is 15.7 Å². The van der Waals surface area contributed by atoms with E-state index in [1.165, 1.54) is 76.6 Å². The Kier molecular flexibility index (Phi) is 7.82. The third kappa shape index (κ3) is 6.28. The molecule has 0 bridgehead atoms. The number of hydrogen-bond acceptors (Lipinski definition) is 3. The molecule has 0 aromatic heterocycles. The van der Waals surface area contributed by atoms with Crippen LogP contribution in [-0.4, -0.2) is 56.2 Å². The largest absolute Gasteiger partial charge is 0.494 e. The van der Waals surface area contributed by atoms with Gasteiger partial charge in [-0.05, 0) is 102 Å². The fraction of sp³-hybridized carbons (Fsp3) is 0.739. The first-order valence-corrected chi connectivity index (χ1v) is 10.8. The van der Waals surface area contributed by atoms with Crippen molar-refractivity contribution in [1.29, 1.82) is 0 Å². The summed E-state index contributed by atoms with van der Waals surface area (Å²) in [5.74, 6) is 1.89. The van der Waals surface area contributed by atoms with Crippen LogP contribution in [0.3, 0.4) is 0 Å². The van der Waals surface area contributed by atoms with Crippen molar-refractivity contribution in [1.82, 2.24) is 9.80 Å². The molecular weight excluding hydrogens is 320 g/mol. The van der Waals surface area contributed by atoms with Crippen molar-refractivity contribution < 1.29 is 4.74 Å². The fourth-order valence-corrected chi connectivity index (χ4v) is 4.58. The summed E-state index contributed by atoms with van der Waals surface area (Å²) in [5.41, 5.74) is 1.47. The number of nitrogens with zero attached hydrogens (tertiary/aromatic N) is 2. The SMILES string of the molecule is CN(C)C1CCC(Cc2ccc(OCCCN3CCCCC3)cc2)CC1. The summed E-state index contributed by atoms with van der Waals surface area (Å²) in [5, 5.41) is 0. The third-order valence-corrected chi connectivity index (χ3v) is 6.33. The summed E-state index contributed by atoms with van der Waals surface area (Å²) >= 11 is 0. The van der Waals surface area contributed by atoms with Crippen LogP contribution in [0.5, 0.6) is 5.75 Å². The van der Waals surface area contributed by atoms with Gasteiger partial charge in [-0.2, -0.15) is 0 Å². The molecule has 1 aliphatic carbocycles. The van der Waals surface area contributed by atoms with Crippen molar-refractivity contribution in [3.8, 4) is 5.75 Å². The second kappa shape index (κ2) is 10.3. The first-order chi connectivity index (χ1) is 12.7. The van der Waals surface area contributed by atoms with Crippen LogP contribution in [0.15, 0.2) is 24.3 Å². The van der Waals surface area contributed by atoms with E-state index in [0.717, 1.165) is 30.7 Å². The second-order valence-electron chi connectivity index (χ2n) is 8.59. The Morgan fingerprint density at radius 3 is 2.31 bits per heavy atom. The average Bonchev–Trinajstić information content (AvgIpc) is 2.68. The normalized spacial score (nSPS) is 24.7. The van der Waals surface area contributed by atoms with Crippen LogP contribution in [0.4, 0.5) is 0 Å². The molecular formula is C23H38N2O. The van der Waals surface area contributed by atoms with Crippen LogP contribution in [0.25, 0.3) is 0 Å². The lowest BCUT2D eigenvalue weighted by Gasteiger charge is -2.32. The van der Waals surface area contributed by atoms with Gasteiger partial charge < -0.3 is 14.5 Å². The molecule has 0 atom stereocenters. The highest BCUT2D eigenvalue weighted by atomic mass is 16.5. The van der Waals surface area contributed by atoms with Gasteiger partial charge in [-0.15, -0.1) is 0 Å². The number of ether oxygens (including phenoxy) is 1. The lowest BCUT2D eigenvalue weighted by atomic mass is 9.82. The van der Waals surface area contributed by atoms with E-state index in [-0.39, 0.29) is 0 Å². The fourth-order valence-electron chi connectivity index (χ4n) is 4.58. The van der Waals surface area contributed by atoms with Crippen molar-refractivity contribution in [3.63, 3.8) is 0 Å². The van der Waals surface area contributed by atoms with Crippen LogP contribution in [0.1, 0.15) is 56.9 Å². The van der Waals surface area contributed by atoms with Gasteiger partial charge in [0.25, 0.3) is 0 Å². The van der Waals surface area contributed by atoms with Crippen molar-refractivity contribution in [2.45, 2.75) is 63.8 Å². The van der Waals surface area contributed by atoms with Gasteiger partial charge in [-0.25, -0.2) is 0 Å². The number of likely N-dealkylation sites (tertiary alicyclic amines) is 1. The Morgan fingerprint density at radius 2 is 1.65 bits per heavy atom. The van der Waals surface area contributed by atoms with Gasteiger partial charge in [0, 0.05) is 12.6 Å².